The van der Waals surface area contributed by atoms with Crippen molar-refractivity contribution in [2.24, 2.45) is 51.8 Å². The van der Waals surface area contributed by atoms with Gasteiger partial charge >= 0.3 is 0 Å². The van der Waals surface area contributed by atoms with Crippen LogP contribution in [-0.4, -0.2) is 17.5 Å². The number of rotatable bonds is 6. The standard InChI is InChI=1S/C29H48O2/c1-19(18-30)8-7-9-20(2)22-11-12-23-21-10-13-25-27(3,4)26(31)15-17-29(25,6)24(21)14-16-28(22,23)5/h13,19-24,30H,7-12,14-18H2,1-6H3/t19?,20-,21+,22-,23+,24+,28-,29-/m1/s1. The summed E-state index contributed by atoms with van der Waals surface area (Å²) in [6.45, 7) is 14.6. The lowest BCUT2D eigenvalue weighted by atomic mass is 9.44. The van der Waals surface area contributed by atoms with Crippen molar-refractivity contribution in [3.63, 3.8) is 0 Å². The highest BCUT2D eigenvalue weighted by Crippen LogP contribution is 2.68. The number of aliphatic hydroxyl groups excluding tert-OH is 1. The van der Waals surface area contributed by atoms with Crippen molar-refractivity contribution in [3.05, 3.63) is 11.6 Å². The molecule has 0 radical (unpaired) electrons. The molecule has 0 heterocycles. The van der Waals surface area contributed by atoms with Crippen molar-refractivity contribution < 1.29 is 9.90 Å². The summed E-state index contributed by atoms with van der Waals surface area (Å²) in [5, 5.41) is 9.34. The molecule has 4 aliphatic carbocycles. The van der Waals surface area contributed by atoms with Gasteiger partial charge in [0.25, 0.3) is 0 Å². The molecular formula is C29H48O2. The van der Waals surface area contributed by atoms with Crippen LogP contribution in [0.3, 0.4) is 0 Å². The second-order valence-electron chi connectivity index (χ2n) is 13.1. The Hall–Kier alpha value is -0.630. The molecule has 2 nitrogen and oxygen atoms in total. The number of fused-ring (bicyclic) bond motifs is 5. The Balaban J connectivity index is 1.51. The highest BCUT2D eigenvalue weighted by molar-refractivity contribution is 5.89. The molecule has 176 valence electrons. The summed E-state index contributed by atoms with van der Waals surface area (Å²) in [4.78, 5) is 12.7. The predicted octanol–water partition coefficient (Wildman–Crippen LogP) is 7.21. The fourth-order valence-corrected chi connectivity index (χ4v) is 9.28. The number of allylic oxidation sites excluding steroid dienone is 2. The van der Waals surface area contributed by atoms with Crippen LogP contribution >= 0.6 is 0 Å². The van der Waals surface area contributed by atoms with Crippen molar-refractivity contribution in [2.75, 3.05) is 6.61 Å². The first kappa shape index (κ1) is 23.5. The molecule has 4 aliphatic rings. The maximum absolute atomic E-state index is 12.7. The number of ketones is 1. The summed E-state index contributed by atoms with van der Waals surface area (Å²) in [6, 6.07) is 0. The first-order valence-electron chi connectivity index (χ1n) is 13.4. The molecular weight excluding hydrogens is 380 g/mol. The molecule has 1 unspecified atom stereocenters. The Morgan fingerprint density at radius 2 is 1.77 bits per heavy atom. The van der Waals surface area contributed by atoms with E-state index in [1.54, 1.807) is 0 Å². The van der Waals surface area contributed by atoms with Crippen LogP contribution in [0.15, 0.2) is 11.6 Å². The Labute approximate surface area is 191 Å². The molecule has 0 aromatic heterocycles. The van der Waals surface area contributed by atoms with E-state index >= 15 is 0 Å². The van der Waals surface area contributed by atoms with Gasteiger partial charge in [-0.1, -0.05) is 52.2 Å². The summed E-state index contributed by atoms with van der Waals surface area (Å²) >= 11 is 0. The second-order valence-corrected chi connectivity index (χ2v) is 13.1. The molecule has 3 saturated carbocycles. The third-order valence-electron chi connectivity index (χ3n) is 11.1. The molecule has 1 N–H and O–H groups in total. The van der Waals surface area contributed by atoms with Gasteiger partial charge in [0.2, 0.25) is 0 Å². The zero-order valence-electron chi connectivity index (χ0n) is 21.2. The predicted molar refractivity (Wildman–Crippen MR) is 129 cm³/mol. The third-order valence-corrected chi connectivity index (χ3v) is 11.1. The lowest BCUT2D eigenvalue weighted by molar-refractivity contribution is -0.132. The van der Waals surface area contributed by atoms with E-state index in [1.807, 2.05) is 0 Å². The van der Waals surface area contributed by atoms with Gasteiger partial charge in [-0.3, -0.25) is 4.79 Å². The zero-order valence-corrected chi connectivity index (χ0v) is 21.2. The van der Waals surface area contributed by atoms with Gasteiger partial charge in [-0.05, 0) is 105 Å². The average Bonchev–Trinajstić information content (AvgIpc) is 3.08. The van der Waals surface area contributed by atoms with Crippen LogP contribution in [0.4, 0.5) is 0 Å². The molecule has 4 rings (SSSR count). The van der Waals surface area contributed by atoms with Crippen LogP contribution in [0.1, 0.15) is 106 Å². The van der Waals surface area contributed by atoms with Crippen LogP contribution in [0.5, 0.6) is 0 Å². The molecule has 0 spiro atoms. The largest absolute Gasteiger partial charge is 0.396 e. The summed E-state index contributed by atoms with van der Waals surface area (Å²) in [5.74, 6) is 5.04. The van der Waals surface area contributed by atoms with E-state index in [-0.39, 0.29) is 10.8 Å². The van der Waals surface area contributed by atoms with Gasteiger partial charge in [0.15, 0.2) is 0 Å². The molecule has 31 heavy (non-hydrogen) atoms. The summed E-state index contributed by atoms with van der Waals surface area (Å²) in [7, 11) is 0. The van der Waals surface area contributed by atoms with Gasteiger partial charge in [-0.15, -0.1) is 0 Å². The quantitative estimate of drug-likeness (QED) is 0.454. The number of aliphatic hydroxyl groups is 1. The normalized spacial score (nSPS) is 43.5. The van der Waals surface area contributed by atoms with Crippen LogP contribution in [0.2, 0.25) is 0 Å². The fourth-order valence-electron chi connectivity index (χ4n) is 9.28. The van der Waals surface area contributed by atoms with Crippen LogP contribution in [-0.2, 0) is 4.79 Å². The first-order valence-corrected chi connectivity index (χ1v) is 13.4. The summed E-state index contributed by atoms with van der Waals surface area (Å²) < 4.78 is 0. The Morgan fingerprint density at radius 3 is 2.48 bits per heavy atom. The van der Waals surface area contributed by atoms with Crippen molar-refractivity contribution >= 4 is 5.78 Å². The lowest BCUT2D eigenvalue weighted by Gasteiger charge is -2.60. The molecule has 0 aromatic rings. The van der Waals surface area contributed by atoms with Crippen LogP contribution in [0, 0.1) is 51.8 Å². The summed E-state index contributed by atoms with van der Waals surface area (Å²) in [5.41, 5.74) is 1.98. The number of Topliss-reactive ketones (excluding diaryl/α,β-unsaturated/α-hetero) is 1. The minimum absolute atomic E-state index is 0.242. The molecule has 0 bridgehead atoms. The van der Waals surface area contributed by atoms with E-state index < -0.39 is 0 Å². The SMILES string of the molecule is CC(CO)CCC[C@@H](C)[C@H]1CC[C@H]2[C@@H]3CC=C4C(C)(C)C(=O)CC[C@]4(C)[C@H]3CC[C@]12C. The minimum Gasteiger partial charge on any atom is -0.396 e. The number of hydrogen-bond acceptors (Lipinski definition) is 2. The average molecular weight is 429 g/mol. The van der Waals surface area contributed by atoms with E-state index in [0.29, 0.717) is 23.7 Å². The van der Waals surface area contributed by atoms with Crippen molar-refractivity contribution in [1.82, 2.24) is 0 Å². The van der Waals surface area contributed by atoms with Gasteiger partial charge in [-0.25, -0.2) is 0 Å². The number of carbonyl (C=O) groups is 1. The van der Waals surface area contributed by atoms with E-state index in [0.717, 1.165) is 42.4 Å². The highest BCUT2D eigenvalue weighted by Gasteiger charge is 2.61. The van der Waals surface area contributed by atoms with Crippen molar-refractivity contribution in [2.45, 2.75) is 106 Å². The maximum Gasteiger partial charge on any atom is 0.142 e. The third kappa shape index (κ3) is 3.68. The first-order chi connectivity index (χ1) is 14.6. The van der Waals surface area contributed by atoms with Gasteiger partial charge < -0.3 is 5.11 Å². The van der Waals surface area contributed by atoms with E-state index in [4.69, 9.17) is 0 Å². The second kappa shape index (κ2) is 8.30. The molecule has 3 fully saturated rings. The van der Waals surface area contributed by atoms with E-state index in [9.17, 15) is 9.90 Å². The summed E-state index contributed by atoms with van der Waals surface area (Å²) in [6.07, 6.45) is 14.9. The van der Waals surface area contributed by atoms with Crippen LogP contribution < -0.4 is 0 Å². The molecule has 0 saturated heterocycles. The number of hydrogen-bond donors (Lipinski definition) is 1. The Kier molecular flexibility index (Phi) is 6.30. The fraction of sp³-hybridized carbons (Fsp3) is 0.897. The van der Waals surface area contributed by atoms with Crippen LogP contribution in [0.25, 0.3) is 0 Å². The zero-order chi connectivity index (χ0) is 22.6. The maximum atomic E-state index is 12.7. The Bertz CT molecular complexity index is 720. The van der Waals surface area contributed by atoms with Gasteiger partial charge in [0.1, 0.15) is 5.78 Å². The number of carbonyl (C=O) groups excluding carboxylic acids is 1. The van der Waals surface area contributed by atoms with E-state index in [2.05, 4.69) is 47.6 Å². The van der Waals surface area contributed by atoms with E-state index in [1.165, 1.54) is 56.9 Å². The Morgan fingerprint density at radius 1 is 1.03 bits per heavy atom. The lowest BCUT2D eigenvalue weighted by Crippen LogP contribution is -2.53. The van der Waals surface area contributed by atoms with Gasteiger partial charge in [0, 0.05) is 18.4 Å². The topological polar surface area (TPSA) is 37.3 Å². The minimum atomic E-state index is -0.253. The highest BCUT2D eigenvalue weighted by atomic mass is 16.3. The van der Waals surface area contributed by atoms with Crippen molar-refractivity contribution in [1.29, 1.82) is 0 Å². The molecule has 0 aliphatic heterocycles. The van der Waals surface area contributed by atoms with Gasteiger partial charge in [0.05, 0.1) is 0 Å². The molecule has 8 atom stereocenters. The molecule has 2 heteroatoms. The molecule has 0 amide bonds. The van der Waals surface area contributed by atoms with Crippen molar-refractivity contribution in [3.8, 4) is 0 Å². The molecule has 0 aromatic carbocycles. The smallest absolute Gasteiger partial charge is 0.142 e. The monoisotopic (exact) mass is 428 g/mol. The van der Waals surface area contributed by atoms with Gasteiger partial charge in [-0.2, -0.15) is 0 Å².